The normalized spacial score (nSPS) is 11.9. The topological polar surface area (TPSA) is 14.8 Å². The van der Waals surface area contributed by atoms with Crippen LogP contribution in [0.15, 0.2) is 194 Å². The number of rotatable bonds is 15. The molecule has 0 fully saturated rings. The van der Waals surface area contributed by atoms with E-state index in [4.69, 9.17) is 0 Å². The van der Waals surface area contributed by atoms with Gasteiger partial charge in [-0.25, -0.2) is 0 Å². The molecule has 3 heterocycles. The van der Waals surface area contributed by atoms with Crippen LogP contribution in [0.1, 0.15) is 81.9 Å². The Kier molecular flexibility index (Phi) is 11.7. The van der Waals surface area contributed by atoms with Crippen molar-refractivity contribution in [2.45, 2.75) is 85.0 Å². The molecular weight excluding hydrogens is 847 g/mol. The van der Waals surface area contributed by atoms with Crippen molar-refractivity contribution in [3.05, 3.63) is 211 Å². The highest BCUT2D eigenvalue weighted by atomic mass is 15.0. The van der Waals surface area contributed by atoms with Crippen molar-refractivity contribution in [3.8, 4) is 39.3 Å². The van der Waals surface area contributed by atoms with Crippen molar-refractivity contribution >= 4 is 65.4 Å². The zero-order valence-electron chi connectivity index (χ0n) is 40.9. The van der Waals surface area contributed by atoms with Crippen molar-refractivity contribution < 1.29 is 0 Å². The monoisotopic (exact) mass is 907 g/mol. The van der Waals surface area contributed by atoms with E-state index in [2.05, 4.69) is 229 Å². The van der Waals surface area contributed by atoms with Gasteiger partial charge >= 0.3 is 0 Å². The van der Waals surface area contributed by atoms with Crippen LogP contribution in [0.2, 0.25) is 0 Å². The smallest absolute Gasteiger partial charge is 0.0541 e. The van der Waals surface area contributed by atoms with Gasteiger partial charge in [0.05, 0.1) is 38.8 Å². The van der Waals surface area contributed by atoms with E-state index in [-0.39, 0.29) is 0 Å². The molecule has 0 saturated carbocycles. The quantitative estimate of drug-likeness (QED) is 0.0911. The van der Waals surface area contributed by atoms with Crippen LogP contribution in [0.5, 0.6) is 0 Å². The summed E-state index contributed by atoms with van der Waals surface area (Å²) in [5.41, 5.74) is 19.9. The van der Waals surface area contributed by atoms with E-state index < -0.39 is 0 Å². The van der Waals surface area contributed by atoms with Crippen LogP contribution in [0.3, 0.4) is 0 Å². The summed E-state index contributed by atoms with van der Waals surface area (Å²) in [6, 6.07) is 73.4. The lowest BCUT2D eigenvalue weighted by Crippen LogP contribution is -1.98. The lowest BCUT2D eigenvalue weighted by atomic mass is 10.0. The highest BCUT2D eigenvalue weighted by molar-refractivity contribution is 6.13. The van der Waals surface area contributed by atoms with Gasteiger partial charge in [0, 0.05) is 49.3 Å². The Morgan fingerprint density at radius 1 is 0.314 bits per heavy atom. The van der Waals surface area contributed by atoms with E-state index in [1.165, 1.54) is 173 Å². The Labute approximate surface area is 412 Å². The molecule has 0 amide bonds. The van der Waals surface area contributed by atoms with Crippen LogP contribution in [0.25, 0.3) is 105 Å². The molecule has 12 rings (SSSR count). The Hall–Kier alpha value is -7.62. The second-order valence-electron chi connectivity index (χ2n) is 19.7. The summed E-state index contributed by atoms with van der Waals surface area (Å²) in [5, 5.41) is 7.72. The number of fused-ring (bicyclic) bond motifs is 9. The summed E-state index contributed by atoms with van der Waals surface area (Å²) < 4.78 is 7.36. The number of benzene rings is 9. The fourth-order valence-electron chi connectivity index (χ4n) is 11.5. The molecule has 70 heavy (non-hydrogen) atoms. The van der Waals surface area contributed by atoms with Gasteiger partial charge in [-0.05, 0) is 151 Å². The lowest BCUT2D eigenvalue weighted by Gasteiger charge is -2.15. The molecule has 3 nitrogen and oxygen atoms in total. The van der Waals surface area contributed by atoms with Gasteiger partial charge in [-0.1, -0.05) is 161 Å². The van der Waals surface area contributed by atoms with E-state index >= 15 is 0 Å². The van der Waals surface area contributed by atoms with Gasteiger partial charge in [0.1, 0.15) is 0 Å². The average Bonchev–Trinajstić information content (AvgIpc) is 4.04. The molecule has 0 atom stereocenters. The second kappa shape index (κ2) is 18.7. The van der Waals surface area contributed by atoms with Crippen molar-refractivity contribution in [1.29, 1.82) is 0 Å². The average molecular weight is 908 g/mol. The predicted octanol–water partition coefficient (Wildman–Crippen LogP) is 18.9. The fourth-order valence-corrected chi connectivity index (χ4v) is 11.5. The maximum absolute atomic E-state index is 2.47. The van der Waals surface area contributed by atoms with Crippen LogP contribution in [0, 0.1) is 6.92 Å². The van der Waals surface area contributed by atoms with E-state index in [0.717, 1.165) is 12.8 Å². The molecule has 0 aliphatic heterocycles. The number of aromatic nitrogens is 3. The fraction of sp³-hybridized carbons (Fsp3) is 0.194. The third kappa shape index (κ3) is 7.78. The molecular formula is C67H61N3. The van der Waals surface area contributed by atoms with Crippen molar-refractivity contribution in [2.24, 2.45) is 0 Å². The zero-order chi connectivity index (χ0) is 47.1. The summed E-state index contributed by atoms with van der Waals surface area (Å²) in [7, 11) is 0. The van der Waals surface area contributed by atoms with E-state index in [0.29, 0.717) is 0 Å². The molecule has 0 spiro atoms. The predicted molar refractivity (Wildman–Crippen MR) is 301 cm³/mol. The van der Waals surface area contributed by atoms with Crippen LogP contribution in [0.4, 0.5) is 0 Å². The molecule has 0 aliphatic carbocycles. The molecule has 0 saturated heterocycles. The number of hydrogen-bond donors (Lipinski definition) is 0. The first-order valence-corrected chi connectivity index (χ1v) is 26.0. The van der Waals surface area contributed by atoms with Crippen LogP contribution < -0.4 is 0 Å². The molecule has 344 valence electrons. The van der Waals surface area contributed by atoms with E-state index in [1.807, 2.05) is 0 Å². The number of nitrogens with zero attached hydrogens (tertiary/aromatic N) is 3. The first kappa shape index (κ1) is 43.6. The van der Waals surface area contributed by atoms with Crippen molar-refractivity contribution in [3.63, 3.8) is 0 Å². The number of unbranched alkanes of at least 4 members (excludes halogenated alkanes) is 6. The Bertz CT molecular complexity index is 3860. The Balaban J connectivity index is 0.902. The lowest BCUT2D eigenvalue weighted by molar-refractivity contribution is 0.667. The maximum Gasteiger partial charge on any atom is 0.0541 e. The molecule has 3 heteroatoms. The third-order valence-electron chi connectivity index (χ3n) is 15.1. The SMILES string of the molecule is CCCCCCc1ccc(-n2c3ccccc3c3cc(-c4ccc5c(c4)c4ccccc4n5-c4ccccc4-c4ccc(-n5c6ccc(C)cc6c6cc(CCCCCC)ccc65)cc4)ccc32)cc1. The Morgan fingerprint density at radius 3 is 1.39 bits per heavy atom. The molecule has 9 aromatic carbocycles. The highest BCUT2D eigenvalue weighted by Crippen LogP contribution is 2.41. The minimum atomic E-state index is 1.13. The maximum atomic E-state index is 2.47. The van der Waals surface area contributed by atoms with Gasteiger partial charge in [0.25, 0.3) is 0 Å². The largest absolute Gasteiger partial charge is 0.309 e. The second-order valence-corrected chi connectivity index (χ2v) is 19.7. The Morgan fingerprint density at radius 2 is 0.757 bits per heavy atom. The molecule has 0 aliphatic rings. The molecule has 12 aromatic rings. The minimum absolute atomic E-state index is 1.13. The molecule has 3 aromatic heterocycles. The molecule has 0 unspecified atom stereocenters. The van der Waals surface area contributed by atoms with Gasteiger partial charge < -0.3 is 13.7 Å². The minimum Gasteiger partial charge on any atom is -0.309 e. The van der Waals surface area contributed by atoms with Crippen molar-refractivity contribution in [2.75, 3.05) is 0 Å². The van der Waals surface area contributed by atoms with Gasteiger partial charge in [-0.2, -0.15) is 0 Å². The van der Waals surface area contributed by atoms with Crippen molar-refractivity contribution in [1.82, 2.24) is 13.7 Å². The van der Waals surface area contributed by atoms with E-state index in [1.54, 1.807) is 0 Å². The van der Waals surface area contributed by atoms with Gasteiger partial charge in [-0.3, -0.25) is 0 Å². The number of hydrogen-bond acceptors (Lipinski definition) is 0. The summed E-state index contributed by atoms with van der Waals surface area (Å²) in [5.74, 6) is 0. The summed E-state index contributed by atoms with van der Waals surface area (Å²) in [6.45, 7) is 6.77. The molecule has 0 bridgehead atoms. The van der Waals surface area contributed by atoms with Gasteiger partial charge in [0.2, 0.25) is 0 Å². The standard InChI is InChI=1S/C67H61N3/c1-4-6-8-10-18-47-27-34-52(35-28-47)68-62-24-16-13-21-55(62)59-44-50(32-40-66(59)68)51-33-41-67-60(45-51)56-22-14-17-25-63(56)70(67)61-23-15-12-20-54(61)49-30-36-53(37-31-49)69-64-38-26-46(3)42-57(64)58-43-48(29-39-65(58)69)19-11-9-7-5-2/h12-17,20-45H,4-11,18-19H2,1-3H3. The van der Waals surface area contributed by atoms with Crippen LogP contribution in [-0.2, 0) is 12.8 Å². The van der Waals surface area contributed by atoms with Gasteiger partial charge in [-0.15, -0.1) is 0 Å². The number of para-hydroxylation sites is 3. The third-order valence-corrected chi connectivity index (χ3v) is 15.1. The van der Waals surface area contributed by atoms with Crippen LogP contribution in [-0.4, -0.2) is 13.7 Å². The summed E-state index contributed by atoms with van der Waals surface area (Å²) in [6.07, 6.45) is 12.5. The molecule has 0 N–H and O–H groups in total. The number of aryl methyl sites for hydroxylation is 3. The first-order chi connectivity index (χ1) is 34.6. The summed E-state index contributed by atoms with van der Waals surface area (Å²) >= 11 is 0. The first-order valence-electron chi connectivity index (χ1n) is 26.0. The van der Waals surface area contributed by atoms with E-state index in [9.17, 15) is 0 Å². The highest BCUT2D eigenvalue weighted by Gasteiger charge is 2.19. The van der Waals surface area contributed by atoms with Crippen LogP contribution >= 0.6 is 0 Å². The zero-order valence-corrected chi connectivity index (χ0v) is 40.9. The molecule has 0 radical (unpaired) electrons. The van der Waals surface area contributed by atoms with Gasteiger partial charge in [0.15, 0.2) is 0 Å². The summed E-state index contributed by atoms with van der Waals surface area (Å²) in [4.78, 5) is 0.